The SMILES string of the molecule is C=CC(=O)N1CCN(CCn2c(C#N)cc3cc(CN4CCC(Nc5ccnc6sc(CC(F)(F)F)cc56)CC4)ccc32)CC1. The Morgan fingerprint density at radius 2 is 1.84 bits per heavy atom. The van der Waals surface area contributed by atoms with Crippen molar-refractivity contribution in [2.45, 2.75) is 44.6 Å². The van der Waals surface area contributed by atoms with Crippen molar-refractivity contribution in [1.82, 2.24) is 24.3 Å². The van der Waals surface area contributed by atoms with Crippen molar-refractivity contribution in [1.29, 1.82) is 5.26 Å². The molecule has 2 aliphatic rings. The number of pyridine rings is 1. The molecule has 2 saturated heterocycles. The lowest BCUT2D eigenvalue weighted by atomic mass is 10.0. The molecule has 45 heavy (non-hydrogen) atoms. The van der Waals surface area contributed by atoms with Gasteiger partial charge in [-0.15, -0.1) is 11.3 Å². The maximum absolute atomic E-state index is 12.9. The van der Waals surface area contributed by atoms with Gasteiger partial charge >= 0.3 is 6.18 Å². The number of halogens is 3. The third-order valence-corrected chi connectivity index (χ3v) is 9.84. The summed E-state index contributed by atoms with van der Waals surface area (Å²) >= 11 is 1.10. The smallest absolute Gasteiger partial charge is 0.382 e. The molecule has 0 unspecified atom stereocenters. The highest BCUT2D eigenvalue weighted by atomic mass is 32.1. The average Bonchev–Trinajstić information content (AvgIpc) is 3.60. The summed E-state index contributed by atoms with van der Waals surface area (Å²) in [6.07, 6.45) is -0.292. The quantitative estimate of drug-likeness (QED) is 0.240. The van der Waals surface area contributed by atoms with Gasteiger partial charge < -0.3 is 14.8 Å². The number of nitrogens with zero attached hydrogens (tertiary/aromatic N) is 6. The number of likely N-dealkylation sites (tertiary alicyclic amines) is 1. The Balaban J connectivity index is 1.03. The molecule has 1 amide bonds. The third kappa shape index (κ3) is 7.32. The number of thiophene rings is 1. The molecule has 8 nitrogen and oxygen atoms in total. The highest BCUT2D eigenvalue weighted by Gasteiger charge is 2.29. The van der Waals surface area contributed by atoms with E-state index in [0.29, 0.717) is 30.2 Å². The summed E-state index contributed by atoms with van der Waals surface area (Å²) in [4.78, 5) is 23.6. The van der Waals surface area contributed by atoms with Crippen molar-refractivity contribution < 1.29 is 18.0 Å². The molecule has 12 heteroatoms. The van der Waals surface area contributed by atoms with Crippen molar-refractivity contribution in [2.24, 2.45) is 0 Å². The number of piperidine rings is 1. The lowest BCUT2D eigenvalue weighted by molar-refractivity contribution is -0.128. The number of amides is 1. The average molecular weight is 636 g/mol. The number of hydrogen-bond donors (Lipinski definition) is 1. The standard InChI is InChI=1S/C33H36F3N7OS/c1-2-31(44)42-14-11-40(12-15-42)13-16-43-26(21-37)18-24-17-23(3-4-30(24)43)22-41-9-6-25(7-10-41)39-29-5-8-38-32-28(29)19-27(45-32)20-33(34,35)36/h2-5,8,17-19,25H,1,6-7,9-16,20,22H2,(H,38,39). The molecule has 6 rings (SSSR count). The monoisotopic (exact) mass is 635 g/mol. The number of anilines is 1. The maximum atomic E-state index is 12.9. The second kappa shape index (κ2) is 13.2. The topological polar surface area (TPSA) is 80.4 Å². The summed E-state index contributed by atoms with van der Waals surface area (Å²) in [6.45, 7) is 10.7. The number of rotatable bonds is 9. The molecule has 1 N–H and O–H groups in total. The highest BCUT2D eigenvalue weighted by Crippen LogP contribution is 2.34. The molecule has 3 aromatic heterocycles. The van der Waals surface area contributed by atoms with E-state index in [4.69, 9.17) is 0 Å². The van der Waals surface area contributed by atoms with Gasteiger partial charge in [0, 0.05) is 98.0 Å². The van der Waals surface area contributed by atoms with Crippen LogP contribution in [0.3, 0.4) is 0 Å². The van der Waals surface area contributed by atoms with Gasteiger partial charge in [-0.05, 0) is 54.8 Å². The second-order valence-corrected chi connectivity index (χ2v) is 12.9. The molecule has 0 saturated carbocycles. The first kappa shape index (κ1) is 31.1. The summed E-state index contributed by atoms with van der Waals surface area (Å²) in [6, 6.07) is 14.5. The van der Waals surface area contributed by atoms with Crippen molar-refractivity contribution in [3.8, 4) is 6.07 Å². The Morgan fingerprint density at radius 1 is 1.07 bits per heavy atom. The Labute approximate surface area is 264 Å². The first-order valence-corrected chi connectivity index (χ1v) is 16.1. The summed E-state index contributed by atoms with van der Waals surface area (Å²) in [5.74, 6) is -0.0246. The van der Waals surface area contributed by atoms with Crippen LogP contribution in [0.4, 0.5) is 18.9 Å². The van der Waals surface area contributed by atoms with E-state index in [0.717, 1.165) is 85.4 Å². The number of carbonyl (C=O) groups excluding carboxylic acids is 1. The Kier molecular flexibility index (Phi) is 9.12. The molecule has 0 bridgehead atoms. The van der Waals surface area contributed by atoms with Crippen LogP contribution in [-0.2, 0) is 24.3 Å². The molecular weight excluding hydrogens is 599 g/mol. The number of aromatic nitrogens is 2. The van der Waals surface area contributed by atoms with Crippen molar-refractivity contribution in [3.63, 3.8) is 0 Å². The van der Waals surface area contributed by atoms with Crippen LogP contribution >= 0.6 is 11.3 Å². The third-order valence-electron chi connectivity index (χ3n) is 8.79. The molecule has 0 spiro atoms. The van der Waals surface area contributed by atoms with Crippen LogP contribution in [0.5, 0.6) is 0 Å². The molecule has 5 heterocycles. The molecule has 2 aliphatic heterocycles. The van der Waals surface area contributed by atoms with Crippen LogP contribution in [0.25, 0.3) is 21.1 Å². The van der Waals surface area contributed by atoms with Crippen LogP contribution in [0.15, 0.2) is 55.3 Å². The van der Waals surface area contributed by atoms with Crippen LogP contribution < -0.4 is 5.32 Å². The Hall–Kier alpha value is -3.92. The molecule has 4 aromatic rings. The van der Waals surface area contributed by atoms with Gasteiger partial charge in [0.15, 0.2) is 0 Å². The number of nitrogens with one attached hydrogen (secondary N) is 1. The minimum Gasteiger partial charge on any atom is -0.382 e. The number of alkyl halides is 3. The van der Waals surface area contributed by atoms with Crippen molar-refractivity contribution in [3.05, 3.63) is 71.4 Å². The van der Waals surface area contributed by atoms with E-state index in [1.54, 1.807) is 12.3 Å². The van der Waals surface area contributed by atoms with Crippen molar-refractivity contribution >= 4 is 44.1 Å². The van der Waals surface area contributed by atoms with E-state index in [9.17, 15) is 23.2 Å². The summed E-state index contributed by atoms with van der Waals surface area (Å²) in [5.41, 5.74) is 3.74. The fourth-order valence-corrected chi connectivity index (χ4v) is 7.48. The van der Waals surface area contributed by atoms with E-state index in [-0.39, 0.29) is 16.8 Å². The summed E-state index contributed by atoms with van der Waals surface area (Å²) in [7, 11) is 0. The first-order valence-electron chi connectivity index (χ1n) is 15.3. The zero-order chi connectivity index (χ0) is 31.6. The fraction of sp³-hybridized carbons (Fsp3) is 0.424. The van der Waals surface area contributed by atoms with Gasteiger partial charge in [0.1, 0.15) is 16.6 Å². The molecule has 2 fully saturated rings. The van der Waals surface area contributed by atoms with E-state index in [1.807, 2.05) is 17.0 Å². The van der Waals surface area contributed by atoms with E-state index in [2.05, 4.69) is 55.5 Å². The summed E-state index contributed by atoms with van der Waals surface area (Å²) in [5, 5.41) is 15.2. The lowest BCUT2D eigenvalue weighted by Crippen LogP contribution is -2.48. The van der Waals surface area contributed by atoms with Gasteiger partial charge in [-0.1, -0.05) is 12.6 Å². The largest absolute Gasteiger partial charge is 0.393 e. The van der Waals surface area contributed by atoms with Crippen LogP contribution in [0.2, 0.25) is 0 Å². The van der Waals surface area contributed by atoms with Gasteiger partial charge in [-0.25, -0.2) is 4.98 Å². The van der Waals surface area contributed by atoms with Crippen molar-refractivity contribution in [2.75, 3.05) is 51.1 Å². The predicted octanol–water partition coefficient (Wildman–Crippen LogP) is 5.63. The second-order valence-electron chi connectivity index (χ2n) is 11.8. The van der Waals surface area contributed by atoms with Crippen LogP contribution in [-0.4, -0.2) is 88.2 Å². The van der Waals surface area contributed by atoms with Gasteiger partial charge in [-0.3, -0.25) is 14.6 Å². The van der Waals surface area contributed by atoms with E-state index >= 15 is 0 Å². The minimum atomic E-state index is -4.24. The number of hydrogen-bond acceptors (Lipinski definition) is 7. The number of nitriles is 1. The fourth-order valence-electron chi connectivity index (χ4n) is 6.43. The minimum absolute atomic E-state index is 0.0246. The summed E-state index contributed by atoms with van der Waals surface area (Å²) < 4.78 is 40.9. The highest BCUT2D eigenvalue weighted by molar-refractivity contribution is 7.18. The molecule has 0 atom stereocenters. The number of fused-ring (bicyclic) bond motifs is 2. The number of benzene rings is 1. The molecule has 0 radical (unpaired) electrons. The number of carbonyl (C=O) groups is 1. The van der Waals surface area contributed by atoms with Gasteiger partial charge in [0.05, 0.1) is 6.42 Å². The zero-order valence-electron chi connectivity index (χ0n) is 25.0. The maximum Gasteiger partial charge on any atom is 0.393 e. The van der Waals surface area contributed by atoms with E-state index < -0.39 is 12.6 Å². The Morgan fingerprint density at radius 3 is 2.56 bits per heavy atom. The molecule has 1 aromatic carbocycles. The normalized spacial score (nSPS) is 17.2. The molecular formula is C33H36F3N7OS. The van der Waals surface area contributed by atoms with E-state index in [1.165, 1.54) is 11.6 Å². The van der Waals surface area contributed by atoms with Crippen LogP contribution in [0.1, 0.15) is 29.0 Å². The molecule has 0 aliphatic carbocycles. The Bertz CT molecular complexity index is 1720. The lowest BCUT2D eigenvalue weighted by Gasteiger charge is -2.34. The predicted molar refractivity (Wildman–Crippen MR) is 171 cm³/mol. The van der Waals surface area contributed by atoms with Gasteiger partial charge in [-0.2, -0.15) is 18.4 Å². The number of piperazine rings is 1. The first-order chi connectivity index (χ1) is 21.7. The molecule has 236 valence electrons. The van der Waals surface area contributed by atoms with Gasteiger partial charge in [0.2, 0.25) is 5.91 Å². The zero-order valence-corrected chi connectivity index (χ0v) is 25.8. The van der Waals surface area contributed by atoms with Crippen LogP contribution in [0, 0.1) is 11.3 Å². The van der Waals surface area contributed by atoms with Gasteiger partial charge in [0.25, 0.3) is 0 Å².